The van der Waals surface area contributed by atoms with E-state index in [-0.39, 0.29) is 11.9 Å². The van der Waals surface area contributed by atoms with Crippen LogP contribution in [0.4, 0.5) is 0 Å². The molecule has 3 heteroatoms. The SMILES string of the molecule is C=CC[C@@H](/C=C/C=C/C(=O)CC)OC(=O)C=C. The van der Waals surface area contributed by atoms with E-state index in [1.807, 2.05) is 0 Å². The lowest BCUT2D eigenvalue weighted by molar-refractivity contribution is -0.140. The second kappa shape index (κ2) is 9.33. The number of hydrogen-bond donors (Lipinski definition) is 0. The first-order chi connectivity index (χ1) is 8.13. The molecule has 0 aliphatic rings. The molecule has 0 aliphatic heterocycles. The van der Waals surface area contributed by atoms with E-state index in [1.165, 1.54) is 6.08 Å². The summed E-state index contributed by atoms with van der Waals surface area (Å²) in [5.41, 5.74) is 0. The number of carbonyl (C=O) groups is 2. The van der Waals surface area contributed by atoms with Crippen LogP contribution in [-0.2, 0) is 14.3 Å². The fourth-order valence-electron chi connectivity index (χ4n) is 0.996. The smallest absolute Gasteiger partial charge is 0.330 e. The highest BCUT2D eigenvalue weighted by Gasteiger charge is 2.05. The van der Waals surface area contributed by atoms with Crippen LogP contribution in [0.1, 0.15) is 19.8 Å². The van der Waals surface area contributed by atoms with Crippen molar-refractivity contribution in [1.29, 1.82) is 0 Å². The molecular weight excluding hydrogens is 216 g/mol. The minimum Gasteiger partial charge on any atom is -0.455 e. The molecular formula is C14H18O3. The third-order valence-corrected chi connectivity index (χ3v) is 1.90. The molecule has 0 bridgehead atoms. The zero-order valence-corrected chi connectivity index (χ0v) is 10.1. The van der Waals surface area contributed by atoms with Gasteiger partial charge in [-0.05, 0) is 12.2 Å². The van der Waals surface area contributed by atoms with Gasteiger partial charge in [-0.3, -0.25) is 4.79 Å². The van der Waals surface area contributed by atoms with E-state index in [0.29, 0.717) is 12.8 Å². The molecule has 0 saturated heterocycles. The number of ether oxygens (including phenoxy) is 1. The van der Waals surface area contributed by atoms with Crippen molar-refractivity contribution in [2.45, 2.75) is 25.9 Å². The number of carbonyl (C=O) groups excluding carboxylic acids is 2. The van der Waals surface area contributed by atoms with E-state index < -0.39 is 5.97 Å². The summed E-state index contributed by atoms with van der Waals surface area (Å²) in [6, 6.07) is 0. The lowest BCUT2D eigenvalue weighted by Crippen LogP contribution is -2.13. The van der Waals surface area contributed by atoms with Gasteiger partial charge in [0.05, 0.1) is 0 Å². The van der Waals surface area contributed by atoms with Crippen LogP contribution in [0.25, 0.3) is 0 Å². The first-order valence-electron chi connectivity index (χ1n) is 5.45. The summed E-state index contributed by atoms with van der Waals surface area (Å²) in [5.74, 6) is -0.423. The Kier molecular flexibility index (Phi) is 8.29. The van der Waals surface area contributed by atoms with Crippen LogP contribution >= 0.6 is 0 Å². The Balaban J connectivity index is 4.32. The topological polar surface area (TPSA) is 43.4 Å². The standard InChI is InChI=1S/C14H18O3/c1-4-9-13(17-14(16)6-3)11-8-7-10-12(15)5-2/h4,6-8,10-11,13H,1,3,5,9H2,2H3/b10-7+,11-8+/t13-/m0/s1. The van der Waals surface area contributed by atoms with Crippen LogP contribution in [0.5, 0.6) is 0 Å². The van der Waals surface area contributed by atoms with Crippen molar-refractivity contribution in [1.82, 2.24) is 0 Å². The van der Waals surface area contributed by atoms with Crippen LogP contribution in [0, 0.1) is 0 Å². The van der Waals surface area contributed by atoms with E-state index in [1.54, 1.807) is 31.2 Å². The van der Waals surface area contributed by atoms with Crippen LogP contribution in [0.2, 0.25) is 0 Å². The van der Waals surface area contributed by atoms with Crippen molar-refractivity contribution in [3.63, 3.8) is 0 Å². The lowest BCUT2D eigenvalue weighted by atomic mass is 10.2. The van der Waals surface area contributed by atoms with Crippen LogP contribution in [0.15, 0.2) is 49.6 Å². The third kappa shape index (κ3) is 7.96. The highest BCUT2D eigenvalue weighted by Crippen LogP contribution is 2.03. The van der Waals surface area contributed by atoms with Gasteiger partial charge in [-0.15, -0.1) is 6.58 Å². The fourth-order valence-corrected chi connectivity index (χ4v) is 0.996. The first-order valence-corrected chi connectivity index (χ1v) is 5.45. The summed E-state index contributed by atoms with van der Waals surface area (Å²) < 4.78 is 5.04. The summed E-state index contributed by atoms with van der Waals surface area (Å²) in [4.78, 5) is 22.0. The fraction of sp³-hybridized carbons (Fsp3) is 0.286. The predicted octanol–water partition coefficient (Wildman–Crippen LogP) is 2.75. The Morgan fingerprint density at radius 3 is 2.53 bits per heavy atom. The normalized spacial score (nSPS) is 12.5. The van der Waals surface area contributed by atoms with Gasteiger partial charge in [0.2, 0.25) is 0 Å². The van der Waals surface area contributed by atoms with E-state index in [9.17, 15) is 9.59 Å². The predicted molar refractivity (Wildman–Crippen MR) is 68.5 cm³/mol. The maximum atomic E-state index is 11.0. The van der Waals surface area contributed by atoms with Crippen molar-refractivity contribution < 1.29 is 14.3 Å². The molecule has 92 valence electrons. The van der Waals surface area contributed by atoms with Gasteiger partial charge in [0.25, 0.3) is 0 Å². The van der Waals surface area contributed by atoms with E-state index in [2.05, 4.69) is 13.2 Å². The average molecular weight is 234 g/mol. The molecule has 0 saturated carbocycles. The van der Waals surface area contributed by atoms with Gasteiger partial charge in [-0.1, -0.05) is 31.7 Å². The van der Waals surface area contributed by atoms with Gasteiger partial charge in [-0.2, -0.15) is 0 Å². The highest BCUT2D eigenvalue weighted by molar-refractivity contribution is 5.89. The van der Waals surface area contributed by atoms with Crippen LogP contribution in [0.3, 0.4) is 0 Å². The van der Waals surface area contributed by atoms with Crippen molar-refractivity contribution >= 4 is 11.8 Å². The number of hydrogen-bond acceptors (Lipinski definition) is 3. The number of rotatable bonds is 8. The van der Waals surface area contributed by atoms with Gasteiger partial charge in [-0.25, -0.2) is 4.79 Å². The molecule has 0 fully saturated rings. The Labute approximate surface area is 102 Å². The third-order valence-electron chi connectivity index (χ3n) is 1.90. The molecule has 0 aliphatic carbocycles. The molecule has 17 heavy (non-hydrogen) atoms. The van der Waals surface area contributed by atoms with Crippen LogP contribution in [-0.4, -0.2) is 17.9 Å². The average Bonchev–Trinajstić information content (AvgIpc) is 2.34. The summed E-state index contributed by atoms with van der Waals surface area (Å²) in [5, 5.41) is 0. The van der Waals surface area contributed by atoms with Gasteiger partial charge in [0.1, 0.15) is 6.10 Å². The van der Waals surface area contributed by atoms with E-state index in [0.717, 1.165) is 6.08 Å². The largest absolute Gasteiger partial charge is 0.455 e. The lowest BCUT2D eigenvalue weighted by Gasteiger charge is -2.09. The van der Waals surface area contributed by atoms with Crippen molar-refractivity contribution in [3.8, 4) is 0 Å². The number of esters is 1. The molecule has 0 amide bonds. The summed E-state index contributed by atoms with van der Waals surface area (Å²) >= 11 is 0. The van der Waals surface area contributed by atoms with Crippen molar-refractivity contribution in [3.05, 3.63) is 49.6 Å². The monoisotopic (exact) mass is 234 g/mol. The van der Waals surface area contributed by atoms with Gasteiger partial charge < -0.3 is 4.74 Å². The zero-order chi connectivity index (χ0) is 13.1. The minimum absolute atomic E-state index is 0.0537. The summed E-state index contributed by atoms with van der Waals surface area (Å²) in [6.45, 7) is 8.70. The Morgan fingerprint density at radius 2 is 2.00 bits per heavy atom. The molecule has 0 N–H and O–H groups in total. The van der Waals surface area contributed by atoms with Gasteiger partial charge >= 0.3 is 5.97 Å². The minimum atomic E-state index is -0.477. The summed E-state index contributed by atoms with van der Waals surface area (Å²) in [6.07, 6.45) is 9.88. The van der Waals surface area contributed by atoms with Crippen molar-refractivity contribution in [2.75, 3.05) is 0 Å². The Morgan fingerprint density at radius 1 is 1.29 bits per heavy atom. The number of ketones is 1. The second-order valence-electron chi connectivity index (χ2n) is 3.27. The highest BCUT2D eigenvalue weighted by atomic mass is 16.5. The zero-order valence-electron chi connectivity index (χ0n) is 10.1. The van der Waals surface area contributed by atoms with Crippen molar-refractivity contribution in [2.24, 2.45) is 0 Å². The Hall–Kier alpha value is -1.90. The van der Waals surface area contributed by atoms with Gasteiger partial charge in [0, 0.05) is 18.9 Å². The van der Waals surface area contributed by atoms with Gasteiger partial charge in [0.15, 0.2) is 5.78 Å². The second-order valence-corrected chi connectivity index (χ2v) is 3.27. The summed E-state index contributed by atoms with van der Waals surface area (Å²) in [7, 11) is 0. The quantitative estimate of drug-likeness (QED) is 0.281. The molecule has 0 aromatic carbocycles. The molecule has 1 atom stereocenters. The molecule has 0 aromatic heterocycles. The molecule has 0 rings (SSSR count). The first kappa shape index (κ1) is 15.1. The van der Waals surface area contributed by atoms with E-state index >= 15 is 0 Å². The molecule has 0 unspecified atom stereocenters. The molecule has 0 aromatic rings. The maximum absolute atomic E-state index is 11.0. The number of allylic oxidation sites excluding steroid dienone is 3. The molecule has 0 radical (unpaired) electrons. The maximum Gasteiger partial charge on any atom is 0.330 e. The molecule has 0 spiro atoms. The molecule has 3 nitrogen and oxygen atoms in total. The van der Waals surface area contributed by atoms with E-state index in [4.69, 9.17) is 4.74 Å². The van der Waals surface area contributed by atoms with Crippen LogP contribution < -0.4 is 0 Å². The Bertz CT molecular complexity index is 337. The molecule has 0 heterocycles.